The van der Waals surface area contributed by atoms with Crippen molar-refractivity contribution in [3.63, 3.8) is 0 Å². The van der Waals surface area contributed by atoms with Crippen LogP contribution >= 0.6 is 11.8 Å². The quantitative estimate of drug-likeness (QED) is 0.739. The zero-order valence-corrected chi connectivity index (χ0v) is 11.7. The van der Waals surface area contributed by atoms with Crippen molar-refractivity contribution in [3.05, 3.63) is 24.0 Å². The van der Waals surface area contributed by atoms with E-state index >= 15 is 0 Å². The van der Waals surface area contributed by atoms with Gasteiger partial charge in [-0.3, -0.25) is 4.98 Å². The van der Waals surface area contributed by atoms with Gasteiger partial charge in [-0.2, -0.15) is 11.8 Å². The van der Waals surface area contributed by atoms with E-state index in [2.05, 4.69) is 15.6 Å². The number of aliphatic carboxylic acids is 1. The predicted octanol–water partition coefficient (Wildman–Crippen LogP) is 1.72. The Morgan fingerprint density at radius 3 is 2.84 bits per heavy atom. The normalized spacial score (nSPS) is 11.7. The molecule has 1 aromatic rings. The number of pyridine rings is 1. The first-order chi connectivity index (χ1) is 9.04. The van der Waals surface area contributed by atoms with E-state index in [1.807, 2.05) is 13.2 Å². The summed E-state index contributed by atoms with van der Waals surface area (Å²) < 4.78 is 0. The molecule has 0 saturated heterocycles. The number of thioether (sulfide) groups is 1. The fraction of sp³-hybridized carbons (Fsp3) is 0.417. The molecule has 0 radical (unpaired) electrons. The average Bonchev–Trinajstić information content (AvgIpc) is 2.37. The molecule has 1 aromatic heterocycles. The number of hydrogen-bond acceptors (Lipinski definition) is 4. The Morgan fingerprint density at radius 1 is 1.53 bits per heavy atom. The van der Waals surface area contributed by atoms with E-state index in [4.69, 9.17) is 5.11 Å². The summed E-state index contributed by atoms with van der Waals surface area (Å²) in [6.45, 7) is 1.83. The second kappa shape index (κ2) is 7.63. The van der Waals surface area contributed by atoms with Gasteiger partial charge in [-0.05, 0) is 37.0 Å². The van der Waals surface area contributed by atoms with Gasteiger partial charge in [-0.25, -0.2) is 9.59 Å². The van der Waals surface area contributed by atoms with Gasteiger partial charge in [0.2, 0.25) is 0 Å². The summed E-state index contributed by atoms with van der Waals surface area (Å²) in [5.41, 5.74) is 1.43. The van der Waals surface area contributed by atoms with Crippen LogP contribution in [-0.4, -0.2) is 40.1 Å². The minimum Gasteiger partial charge on any atom is -0.480 e. The van der Waals surface area contributed by atoms with Gasteiger partial charge in [-0.15, -0.1) is 0 Å². The summed E-state index contributed by atoms with van der Waals surface area (Å²) in [4.78, 5) is 26.6. The SMILES string of the molecule is CSCC[C@H](NC(=O)Nc1cnccc1C)C(=O)O. The number of aromatic nitrogens is 1. The van der Waals surface area contributed by atoms with Crippen molar-refractivity contribution >= 4 is 29.4 Å². The van der Waals surface area contributed by atoms with Crippen molar-refractivity contribution in [2.45, 2.75) is 19.4 Å². The van der Waals surface area contributed by atoms with Crippen molar-refractivity contribution in [3.8, 4) is 0 Å². The number of carboxylic acid groups (broad SMARTS) is 1. The number of hydrogen-bond donors (Lipinski definition) is 3. The summed E-state index contributed by atoms with van der Waals surface area (Å²) in [5.74, 6) is -0.365. The van der Waals surface area contributed by atoms with Gasteiger partial charge in [0.1, 0.15) is 6.04 Å². The van der Waals surface area contributed by atoms with Crippen molar-refractivity contribution in [1.29, 1.82) is 0 Å². The Morgan fingerprint density at radius 2 is 2.26 bits per heavy atom. The summed E-state index contributed by atoms with van der Waals surface area (Å²) in [6, 6.07) is 0.340. The third-order valence-corrected chi connectivity index (χ3v) is 3.15. The number of urea groups is 1. The molecule has 0 saturated carbocycles. The minimum absolute atomic E-state index is 0.385. The molecule has 1 rings (SSSR count). The van der Waals surface area contributed by atoms with Crippen LogP contribution in [0.4, 0.5) is 10.5 Å². The Hall–Kier alpha value is -1.76. The third kappa shape index (κ3) is 5.17. The first kappa shape index (κ1) is 15.3. The fourth-order valence-electron chi connectivity index (χ4n) is 1.40. The lowest BCUT2D eigenvalue weighted by Crippen LogP contribution is -2.43. The lowest BCUT2D eigenvalue weighted by molar-refractivity contribution is -0.139. The standard InChI is InChI=1S/C12H17N3O3S/c1-8-3-5-13-7-10(8)15-12(18)14-9(11(16)17)4-6-19-2/h3,5,7,9H,4,6H2,1-2H3,(H,16,17)(H2,14,15,18)/t9-/m0/s1. The number of nitrogens with one attached hydrogen (secondary N) is 2. The van der Waals surface area contributed by atoms with Crippen LogP contribution in [0.5, 0.6) is 0 Å². The Kier molecular flexibility index (Phi) is 6.14. The molecule has 0 unspecified atom stereocenters. The van der Waals surface area contributed by atoms with Gasteiger partial charge >= 0.3 is 12.0 Å². The molecule has 0 fully saturated rings. The number of carbonyl (C=O) groups is 2. The molecule has 1 heterocycles. The number of carbonyl (C=O) groups excluding carboxylic acids is 1. The average molecular weight is 283 g/mol. The molecule has 2 amide bonds. The molecule has 3 N–H and O–H groups in total. The first-order valence-corrected chi connectivity index (χ1v) is 7.14. The van der Waals surface area contributed by atoms with Crippen LogP contribution < -0.4 is 10.6 Å². The third-order valence-electron chi connectivity index (χ3n) is 2.50. The number of aryl methyl sites for hydroxylation is 1. The van der Waals surface area contributed by atoms with E-state index in [1.54, 1.807) is 12.3 Å². The van der Waals surface area contributed by atoms with Crippen molar-refractivity contribution in [1.82, 2.24) is 10.3 Å². The van der Waals surface area contributed by atoms with Crippen LogP contribution in [0.3, 0.4) is 0 Å². The summed E-state index contributed by atoms with van der Waals surface area (Å²) in [7, 11) is 0. The first-order valence-electron chi connectivity index (χ1n) is 5.74. The fourth-order valence-corrected chi connectivity index (χ4v) is 1.88. The molecule has 0 spiro atoms. The van der Waals surface area contributed by atoms with Crippen LogP contribution in [0.25, 0.3) is 0 Å². The highest BCUT2D eigenvalue weighted by molar-refractivity contribution is 7.98. The van der Waals surface area contributed by atoms with E-state index in [0.29, 0.717) is 17.9 Å². The lowest BCUT2D eigenvalue weighted by atomic mass is 10.2. The number of amides is 2. The molecule has 0 aliphatic heterocycles. The predicted molar refractivity (Wildman–Crippen MR) is 75.6 cm³/mol. The van der Waals surface area contributed by atoms with Crippen molar-refractivity contribution < 1.29 is 14.7 Å². The minimum atomic E-state index is -1.04. The molecule has 7 heteroatoms. The maximum absolute atomic E-state index is 11.7. The van der Waals surface area contributed by atoms with Crippen LogP contribution in [0.15, 0.2) is 18.5 Å². The molecule has 0 aliphatic carbocycles. The van der Waals surface area contributed by atoms with Gasteiger partial charge in [0, 0.05) is 6.20 Å². The molecular weight excluding hydrogens is 266 g/mol. The molecule has 104 valence electrons. The smallest absolute Gasteiger partial charge is 0.326 e. The van der Waals surface area contributed by atoms with E-state index in [9.17, 15) is 9.59 Å². The van der Waals surface area contributed by atoms with Gasteiger partial charge in [0.15, 0.2) is 0 Å². The molecule has 0 aromatic carbocycles. The second-order valence-corrected chi connectivity index (χ2v) is 4.95. The monoisotopic (exact) mass is 283 g/mol. The number of anilines is 1. The van der Waals surface area contributed by atoms with Gasteiger partial charge in [0.25, 0.3) is 0 Å². The zero-order chi connectivity index (χ0) is 14.3. The highest BCUT2D eigenvalue weighted by Crippen LogP contribution is 2.11. The molecule has 19 heavy (non-hydrogen) atoms. The molecule has 1 atom stereocenters. The van der Waals surface area contributed by atoms with Gasteiger partial charge < -0.3 is 15.7 Å². The lowest BCUT2D eigenvalue weighted by Gasteiger charge is -2.15. The molecule has 0 aliphatic rings. The Bertz CT molecular complexity index is 454. The maximum Gasteiger partial charge on any atom is 0.326 e. The second-order valence-electron chi connectivity index (χ2n) is 3.96. The van der Waals surface area contributed by atoms with Gasteiger partial charge in [0.05, 0.1) is 11.9 Å². The summed E-state index contributed by atoms with van der Waals surface area (Å²) >= 11 is 1.54. The van der Waals surface area contributed by atoms with Crippen LogP contribution in [-0.2, 0) is 4.79 Å². The van der Waals surface area contributed by atoms with Crippen molar-refractivity contribution in [2.24, 2.45) is 0 Å². The van der Waals surface area contributed by atoms with E-state index in [0.717, 1.165) is 5.56 Å². The molecule has 6 nitrogen and oxygen atoms in total. The largest absolute Gasteiger partial charge is 0.480 e. The topological polar surface area (TPSA) is 91.3 Å². The van der Waals surface area contributed by atoms with Crippen LogP contribution in [0.1, 0.15) is 12.0 Å². The highest BCUT2D eigenvalue weighted by Gasteiger charge is 2.19. The summed E-state index contributed by atoms with van der Waals surface area (Å²) in [6.07, 6.45) is 5.41. The maximum atomic E-state index is 11.7. The number of rotatable bonds is 6. The Labute approximate surface area is 116 Å². The zero-order valence-electron chi connectivity index (χ0n) is 10.8. The summed E-state index contributed by atoms with van der Waals surface area (Å²) in [5, 5.41) is 14.0. The molecule has 0 bridgehead atoms. The van der Waals surface area contributed by atoms with Gasteiger partial charge in [-0.1, -0.05) is 0 Å². The number of nitrogens with zero attached hydrogens (tertiary/aromatic N) is 1. The molecular formula is C12H17N3O3S. The van der Waals surface area contributed by atoms with Crippen LogP contribution in [0, 0.1) is 6.92 Å². The van der Waals surface area contributed by atoms with E-state index in [-0.39, 0.29) is 0 Å². The van der Waals surface area contributed by atoms with E-state index < -0.39 is 18.0 Å². The Balaban J connectivity index is 2.58. The highest BCUT2D eigenvalue weighted by atomic mass is 32.2. The van der Waals surface area contributed by atoms with E-state index in [1.165, 1.54) is 18.0 Å². The van der Waals surface area contributed by atoms with Crippen LogP contribution in [0.2, 0.25) is 0 Å². The number of carboxylic acids is 1. The van der Waals surface area contributed by atoms with Crippen molar-refractivity contribution in [2.75, 3.05) is 17.3 Å².